The fourth-order valence-corrected chi connectivity index (χ4v) is 1.75. The van der Waals surface area contributed by atoms with Gasteiger partial charge in [0.05, 0.1) is 0 Å². The fraction of sp³-hybridized carbons (Fsp3) is 0.615. The second kappa shape index (κ2) is 5.41. The molecular formula is C13H23N3. The zero-order valence-electron chi connectivity index (χ0n) is 10.8. The smallest absolute Gasteiger partial charge is 0.0372 e. The molecule has 0 aromatic carbocycles. The molecule has 0 spiro atoms. The Morgan fingerprint density at radius 3 is 2.56 bits per heavy atom. The highest BCUT2D eigenvalue weighted by Gasteiger charge is 2.17. The van der Waals surface area contributed by atoms with Crippen LogP contribution in [0.5, 0.6) is 0 Å². The Labute approximate surface area is 98.7 Å². The predicted molar refractivity (Wildman–Crippen MR) is 68.1 cm³/mol. The van der Waals surface area contributed by atoms with Gasteiger partial charge in [-0.05, 0) is 37.6 Å². The van der Waals surface area contributed by atoms with Crippen LogP contribution in [0.2, 0.25) is 0 Å². The summed E-state index contributed by atoms with van der Waals surface area (Å²) in [7, 11) is 2.12. The van der Waals surface area contributed by atoms with Gasteiger partial charge < -0.3 is 10.6 Å². The average molecular weight is 221 g/mol. The molecule has 1 rings (SSSR count). The van der Waals surface area contributed by atoms with Gasteiger partial charge in [0.25, 0.3) is 0 Å². The number of aromatic nitrogens is 1. The first kappa shape index (κ1) is 13.1. The molecule has 0 saturated heterocycles. The third-order valence-electron chi connectivity index (χ3n) is 2.68. The van der Waals surface area contributed by atoms with Crippen molar-refractivity contribution in [3.8, 4) is 0 Å². The average Bonchev–Trinajstić information content (AvgIpc) is 2.21. The van der Waals surface area contributed by atoms with Crippen molar-refractivity contribution in [3.63, 3.8) is 0 Å². The number of aryl methyl sites for hydroxylation is 1. The second-order valence-electron chi connectivity index (χ2n) is 5.35. The normalized spacial score (nSPS) is 12.1. The van der Waals surface area contributed by atoms with Gasteiger partial charge in [-0.15, -0.1) is 0 Å². The molecule has 3 nitrogen and oxygen atoms in total. The molecule has 0 bridgehead atoms. The summed E-state index contributed by atoms with van der Waals surface area (Å²) in [4.78, 5) is 6.59. The van der Waals surface area contributed by atoms with Crippen molar-refractivity contribution in [2.24, 2.45) is 11.1 Å². The van der Waals surface area contributed by atoms with E-state index < -0.39 is 0 Å². The number of hydrogen-bond donors (Lipinski definition) is 1. The highest BCUT2D eigenvalue weighted by Crippen LogP contribution is 2.15. The number of pyridine rings is 1. The van der Waals surface area contributed by atoms with E-state index in [4.69, 9.17) is 5.73 Å². The lowest BCUT2D eigenvalue weighted by atomic mass is 9.93. The van der Waals surface area contributed by atoms with Crippen LogP contribution in [0.3, 0.4) is 0 Å². The van der Waals surface area contributed by atoms with Crippen LogP contribution in [0.25, 0.3) is 0 Å². The van der Waals surface area contributed by atoms with E-state index in [-0.39, 0.29) is 5.41 Å². The number of nitrogens with zero attached hydrogens (tertiary/aromatic N) is 2. The molecule has 0 saturated carbocycles. The minimum absolute atomic E-state index is 0.173. The van der Waals surface area contributed by atoms with Gasteiger partial charge in [0.1, 0.15) is 0 Å². The van der Waals surface area contributed by atoms with E-state index in [2.05, 4.69) is 42.9 Å². The maximum absolute atomic E-state index is 5.73. The third kappa shape index (κ3) is 4.29. The molecule has 16 heavy (non-hydrogen) atoms. The molecule has 0 radical (unpaired) electrons. The Kier molecular flexibility index (Phi) is 4.44. The first-order valence-corrected chi connectivity index (χ1v) is 5.73. The van der Waals surface area contributed by atoms with E-state index in [0.717, 1.165) is 18.8 Å². The highest BCUT2D eigenvalue weighted by atomic mass is 15.1. The number of hydrogen-bond acceptors (Lipinski definition) is 3. The zero-order chi connectivity index (χ0) is 12.2. The molecule has 0 atom stereocenters. The molecule has 0 amide bonds. The summed E-state index contributed by atoms with van der Waals surface area (Å²) in [6, 6.07) is 4.19. The monoisotopic (exact) mass is 221 g/mol. The highest BCUT2D eigenvalue weighted by molar-refractivity contribution is 5.12. The molecule has 3 heteroatoms. The largest absolute Gasteiger partial charge is 0.330 e. The van der Waals surface area contributed by atoms with E-state index in [1.165, 1.54) is 5.56 Å². The van der Waals surface area contributed by atoms with Crippen LogP contribution in [0, 0.1) is 12.3 Å². The summed E-state index contributed by atoms with van der Waals surface area (Å²) in [6.45, 7) is 9.02. The van der Waals surface area contributed by atoms with Gasteiger partial charge in [-0.25, -0.2) is 0 Å². The van der Waals surface area contributed by atoms with Crippen LogP contribution in [0.4, 0.5) is 0 Å². The lowest BCUT2D eigenvalue weighted by Crippen LogP contribution is -2.36. The van der Waals surface area contributed by atoms with E-state index in [1.807, 2.05) is 13.1 Å². The summed E-state index contributed by atoms with van der Waals surface area (Å²) in [5.74, 6) is 0. The van der Waals surface area contributed by atoms with Crippen LogP contribution in [0.15, 0.2) is 18.3 Å². The molecule has 0 aliphatic heterocycles. The van der Waals surface area contributed by atoms with Crippen LogP contribution in [0.1, 0.15) is 25.1 Å². The molecule has 2 N–H and O–H groups in total. The van der Waals surface area contributed by atoms with E-state index in [0.29, 0.717) is 6.54 Å². The van der Waals surface area contributed by atoms with Crippen molar-refractivity contribution in [1.29, 1.82) is 0 Å². The third-order valence-corrected chi connectivity index (χ3v) is 2.68. The molecule has 0 aliphatic rings. The molecule has 0 unspecified atom stereocenters. The maximum atomic E-state index is 5.73. The van der Waals surface area contributed by atoms with Gasteiger partial charge in [-0.1, -0.05) is 19.9 Å². The van der Waals surface area contributed by atoms with E-state index in [1.54, 1.807) is 0 Å². The van der Waals surface area contributed by atoms with E-state index in [9.17, 15) is 0 Å². The molecule has 90 valence electrons. The summed E-state index contributed by atoms with van der Waals surface area (Å²) < 4.78 is 0. The van der Waals surface area contributed by atoms with Gasteiger partial charge in [0.15, 0.2) is 0 Å². The molecular weight excluding hydrogens is 198 g/mol. The van der Waals surface area contributed by atoms with Crippen molar-refractivity contribution < 1.29 is 0 Å². The Morgan fingerprint density at radius 1 is 1.38 bits per heavy atom. The second-order valence-corrected chi connectivity index (χ2v) is 5.35. The number of nitrogens with two attached hydrogens (primary N) is 1. The standard InChI is InChI=1S/C13H23N3/c1-11-5-6-12(7-15-11)8-16(4)10-13(2,3)9-14/h5-7H,8-10,14H2,1-4H3. The zero-order valence-corrected chi connectivity index (χ0v) is 10.8. The maximum Gasteiger partial charge on any atom is 0.0372 e. The Balaban J connectivity index is 2.51. The van der Waals surface area contributed by atoms with Crippen LogP contribution < -0.4 is 5.73 Å². The molecule has 1 heterocycles. The van der Waals surface area contributed by atoms with Gasteiger partial charge in [-0.2, -0.15) is 0 Å². The molecule has 1 aromatic heterocycles. The Bertz CT molecular complexity index is 316. The predicted octanol–water partition coefficient (Wildman–Crippen LogP) is 1.81. The van der Waals surface area contributed by atoms with E-state index >= 15 is 0 Å². The first-order valence-electron chi connectivity index (χ1n) is 5.73. The number of rotatable bonds is 5. The fourth-order valence-electron chi connectivity index (χ4n) is 1.75. The van der Waals surface area contributed by atoms with Gasteiger partial charge in [0.2, 0.25) is 0 Å². The quantitative estimate of drug-likeness (QED) is 0.824. The van der Waals surface area contributed by atoms with Crippen LogP contribution in [-0.2, 0) is 6.54 Å². The van der Waals surface area contributed by atoms with Gasteiger partial charge in [-0.3, -0.25) is 4.98 Å². The summed E-state index contributed by atoms with van der Waals surface area (Å²) in [5.41, 5.74) is 8.22. The summed E-state index contributed by atoms with van der Waals surface area (Å²) >= 11 is 0. The SMILES string of the molecule is Cc1ccc(CN(C)CC(C)(C)CN)cn1. The van der Waals surface area contributed by atoms with Crippen LogP contribution in [-0.4, -0.2) is 30.0 Å². The minimum Gasteiger partial charge on any atom is -0.330 e. The Morgan fingerprint density at radius 2 is 2.06 bits per heavy atom. The van der Waals surface area contributed by atoms with Crippen molar-refractivity contribution in [2.45, 2.75) is 27.3 Å². The molecule has 0 fully saturated rings. The van der Waals surface area contributed by atoms with Crippen molar-refractivity contribution in [1.82, 2.24) is 9.88 Å². The lowest BCUT2D eigenvalue weighted by Gasteiger charge is -2.28. The van der Waals surface area contributed by atoms with Gasteiger partial charge >= 0.3 is 0 Å². The van der Waals surface area contributed by atoms with Crippen molar-refractivity contribution in [3.05, 3.63) is 29.6 Å². The summed E-state index contributed by atoms with van der Waals surface area (Å²) in [6.07, 6.45) is 1.95. The van der Waals surface area contributed by atoms with Gasteiger partial charge in [0, 0.05) is 25.0 Å². The molecule has 1 aromatic rings. The molecule has 0 aliphatic carbocycles. The Hall–Kier alpha value is -0.930. The van der Waals surface area contributed by atoms with Crippen molar-refractivity contribution in [2.75, 3.05) is 20.1 Å². The topological polar surface area (TPSA) is 42.1 Å². The summed E-state index contributed by atoms with van der Waals surface area (Å²) in [5, 5.41) is 0. The van der Waals surface area contributed by atoms with Crippen LogP contribution >= 0.6 is 0 Å². The lowest BCUT2D eigenvalue weighted by molar-refractivity contribution is 0.209. The minimum atomic E-state index is 0.173. The first-order chi connectivity index (χ1) is 7.43. The van der Waals surface area contributed by atoms with Crippen molar-refractivity contribution >= 4 is 0 Å².